The van der Waals surface area contributed by atoms with Crippen molar-refractivity contribution in [2.45, 2.75) is 12.7 Å². The summed E-state index contributed by atoms with van der Waals surface area (Å²) < 4.78 is 43.7. The standard InChI is InChI=1S/C25H25F3N3/c1-29(2)20-11-10-18-14-22-19(12-17-8-6-5-7-9-17)13-21(30(3)4)16-24(22)31(23(18)15-20)25(26,27)28/h5-11,13-16H,12H2,1-4H3/q+1. The summed E-state index contributed by atoms with van der Waals surface area (Å²) in [6.07, 6.45) is -4.00. The Labute approximate surface area is 179 Å². The number of halogens is 3. The molecule has 0 radical (unpaired) electrons. The van der Waals surface area contributed by atoms with Crippen LogP contribution in [-0.4, -0.2) is 28.2 Å². The first-order chi connectivity index (χ1) is 14.6. The van der Waals surface area contributed by atoms with Gasteiger partial charge in [-0.3, -0.25) is 0 Å². The molecule has 0 N–H and O–H groups in total. The van der Waals surface area contributed by atoms with Crippen molar-refractivity contribution in [3.05, 3.63) is 77.9 Å². The predicted molar refractivity (Wildman–Crippen MR) is 121 cm³/mol. The number of benzene rings is 3. The lowest BCUT2D eigenvalue weighted by atomic mass is 9.98. The van der Waals surface area contributed by atoms with Crippen molar-refractivity contribution >= 4 is 33.2 Å². The van der Waals surface area contributed by atoms with Crippen molar-refractivity contribution < 1.29 is 17.7 Å². The highest BCUT2D eigenvalue weighted by atomic mass is 19.4. The third-order valence-corrected chi connectivity index (χ3v) is 5.55. The molecule has 0 saturated carbocycles. The Balaban J connectivity index is 2.10. The van der Waals surface area contributed by atoms with E-state index in [1.165, 1.54) is 0 Å². The van der Waals surface area contributed by atoms with Crippen LogP contribution in [0, 0.1) is 0 Å². The van der Waals surface area contributed by atoms with Crippen LogP contribution in [0.15, 0.2) is 66.7 Å². The predicted octanol–water partition coefficient (Wildman–Crippen LogP) is 5.48. The van der Waals surface area contributed by atoms with Crippen LogP contribution in [0.1, 0.15) is 11.1 Å². The van der Waals surface area contributed by atoms with Crippen LogP contribution in [0.3, 0.4) is 0 Å². The molecular weight excluding hydrogens is 399 g/mol. The summed E-state index contributed by atoms with van der Waals surface area (Å²) in [5, 5.41) is 1.17. The van der Waals surface area contributed by atoms with Gasteiger partial charge in [0.1, 0.15) is 0 Å². The number of rotatable bonds is 4. The maximum atomic E-state index is 14.4. The molecule has 4 rings (SSSR count). The maximum Gasteiger partial charge on any atom is 0.639 e. The Bertz CT molecular complexity index is 1250. The molecule has 31 heavy (non-hydrogen) atoms. The van der Waals surface area contributed by atoms with Gasteiger partial charge in [-0.25, -0.2) is 0 Å². The second-order valence-electron chi connectivity index (χ2n) is 8.18. The minimum atomic E-state index is -4.56. The molecule has 0 amide bonds. The monoisotopic (exact) mass is 424 g/mol. The normalized spacial score (nSPS) is 11.8. The smallest absolute Gasteiger partial charge is 0.377 e. The molecule has 0 unspecified atom stereocenters. The first kappa shape index (κ1) is 21.0. The molecule has 0 atom stereocenters. The number of anilines is 2. The molecule has 6 heteroatoms. The zero-order valence-electron chi connectivity index (χ0n) is 18.0. The van der Waals surface area contributed by atoms with Gasteiger partial charge < -0.3 is 9.80 Å². The van der Waals surface area contributed by atoms with Crippen molar-refractivity contribution in [2.75, 3.05) is 38.0 Å². The van der Waals surface area contributed by atoms with Crippen LogP contribution in [-0.2, 0) is 12.7 Å². The number of fused-ring (bicyclic) bond motifs is 2. The van der Waals surface area contributed by atoms with Crippen LogP contribution in [0.2, 0.25) is 0 Å². The van der Waals surface area contributed by atoms with Gasteiger partial charge in [0.15, 0.2) is 0 Å². The second-order valence-corrected chi connectivity index (χ2v) is 8.18. The van der Waals surface area contributed by atoms with Crippen LogP contribution in [0.25, 0.3) is 21.8 Å². The highest BCUT2D eigenvalue weighted by Crippen LogP contribution is 2.32. The lowest BCUT2D eigenvalue weighted by molar-refractivity contribution is -0.817. The number of pyridine rings is 1. The van der Waals surface area contributed by atoms with Crippen molar-refractivity contribution in [1.82, 2.24) is 0 Å². The summed E-state index contributed by atoms with van der Waals surface area (Å²) in [5.74, 6) is 0. The highest BCUT2D eigenvalue weighted by Gasteiger charge is 2.45. The Kier molecular flexibility index (Phi) is 5.25. The molecule has 0 fully saturated rings. The van der Waals surface area contributed by atoms with E-state index in [2.05, 4.69) is 0 Å². The minimum absolute atomic E-state index is 0.146. The quantitative estimate of drug-likeness (QED) is 0.317. The van der Waals surface area contributed by atoms with E-state index < -0.39 is 6.30 Å². The fourth-order valence-electron chi connectivity index (χ4n) is 3.94. The van der Waals surface area contributed by atoms with Crippen molar-refractivity contribution in [3.8, 4) is 0 Å². The zero-order valence-corrected chi connectivity index (χ0v) is 18.0. The first-order valence-electron chi connectivity index (χ1n) is 10.1. The van der Waals surface area contributed by atoms with Gasteiger partial charge in [-0.05, 0) is 41.8 Å². The molecule has 0 saturated heterocycles. The van der Waals surface area contributed by atoms with E-state index in [-0.39, 0.29) is 11.0 Å². The van der Waals surface area contributed by atoms with Crippen LogP contribution >= 0.6 is 0 Å². The second kappa shape index (κ2) is 7.76. The van der Waals surface area contributed by atoms with Crippen LogP contribution in [0.4, 0.5) is 24.5 Å². The molecule has 1 heterocycles. The molecular formula is C25H25F3N3+. The number of hydrogen-bond acceptors (Lipinski definition) is 2. The van der Waals surface area contributed by atoms with Gasteiger partial charge in [-0.15, -0.1) is 13.2 Å². The molecule has 160 valence electrons. The number of aromatic nitrogens is 1. The van der Waals surface area contributed by atoms with E-state index in [0.717, 1.165) is 22.5 Å². The molecule has 4 aromatic rings. The van der Waals surface area contributed by atoms with Crippen molar-refractivity contribution in [2.24, 2.45) is 0 Å². The molecule has 1 aromatic heterocycles. The van der Waals surface area contributed by atoms with Gasteiger partial charge in [0, 0.05) is 57.1 Å². The van der Waals surface area contributed by atoms with E-state index in [4.69, 9.17) is 0 Å². The minimum Gasteiger partial charge on any atom is -0.377 e. The summed E-state index contributed by atoms with van der Waals surface area (Å²) in [5.41, 5.74) is 3.68. The number of hydrogen-bond donors (Lipinski definition) is 0. The van der Waals surface area contributed by atoms with Crippen molar-refractivity contribution in [1.29, 1.82) is 0 Å². The molecule has 0 aliphatic rings. The molecule has 0 spiro atoms. The third kappa shape index (κ3) is 4.02. The third-order valence-electron chi connectivity index (χ3n) is 5.55. The SMILES string of the molecule is CN(C)c1ccc2cc3c(Cc4ccccc4)cc(N(C)C)cc3[n+](C(F)(F)F)c2c1. The molecule has 0 aliphatic heterocycles. The van der Waals surface area contributed by atoms with E-state index in [9.17, 15) is 13.2 Å². The molecule has 0 aliphatic carbocycles. The zero-order chi connectivity index (χ0) is 22.3. The van der Waals surface area contributed by atoms with Gasteiger partial charge in [-0.1, -0.05) is 34.9 Å². The average molecular weight is 424 g/mol. The van der Waals surface area contributed by atoms with Gasteiger partial charge >= 0.3 is 6.30 Å². The Morgan fingerprint density at radius 3 is 2.00 bits per heavy atom. The fourth-order valence-corrected chi connectivity index (χ4v) is 3.94. The van der Waals surface area contributed by atoms with E-state index in [1.807, 2.05) is 81.6 Å². The molecule has 3 aromatic carbocycles. The van der Waals surface area contributed by atoms with Crippen LogP contribution in [0.5, 0.6) is 0 Å². The van der Waals surface area contributed by atoms with Crippen molar-refractivity contribution in [3.63, 3.8) is 0 Å². The van der Waals surface area contributed by atoms with Gasteiger partial charge in [0.2, 0.25) is 11.0 Å². The number of alkyl halides is 3. The maximum absolute atomic E-state index is 14.4. The summed E-state index contributed by atoms with van der Waals surface area (Å²) in [7, 11) is 7.33. The van der Waals surface area contributed by atoms with E-state index in [0.29, 0.717) is 21.8 Å². The lowest BCUT2D eigenvalue weighted by Gasteiger charge is -2.18. The molecule has 3 nitrogen and oxygen atoms in total. The average Bonchev–Trinajstić information content (AvgIpc) is 2.71. The largest absolute Gasteiger partial charge is 0.639 e. The number of nitrogens with zero attached hydrogens (tertiary/aromatic N) is 3. The highest BCUT2D eigenvalue weighted by molar-refractivity contribution is 5.93. The fraction of sp³-hybridized carbons (Fsp3) is 0.240. The Morgan fingerprint density at radius 2 is 1.39 bits per heavy atom. The van der Waals surface area contributed by atoms with E-state index >= 15 is 0 Å². The summed E-state index contributed by atoms with van der Waals surface area (Å²) in [4.78, 5) is 3.65. The van der Waals surface area contributed by atoms with E-state index in [1.54, 1.807) is 23.1 Å². The molecule has 0 bridgehead atoms. The summed E-state index contributed by atoms with van der Waals surface area (Å²) in [6.45, 7) is 0. The summed E-state index contributed by atoms with van der Waals surface area (Å²) >= 11 is 0. The Morgan fingerprint density at radius 1 is 0.742 bits per heavy atom. The topological polar surface area (TPSA) is 10.4 Å². The van der Waals surface area contributed by atoms with Gasteiger partial charge in [-0.2, -0.15) is 0 Å². The Hall–Kier alpha value is -3.28. The van der Waals surface area contributed by atoms with Crippen LogP contribution < -0.4 is 14.4 Å². The summed E-state index contributed by atoms with van der Waals surface area (Å²) in [6, 6.07) is 20.5. The van der Waals surface area contributed by atoms with Gasteiger partial charge in [0.05, 0.1) is 5.39 Å². The first-order valence-corrected chi connectivity index (χ1v) is 10.1. The lowest BCUT2D eigenvalue weighted by Crippen LogP contribution is -2.48. The van der Waals surface area contributed by atoms with Gasteiger partial charge in [0.25, 0.3) is 0 Å².